The average molecular weight is 353 g/mol. The minimum Gasteiger partial charge on any atom is -0.373 e. The van der Waals surface area contributed by atoms with Crippen LogP contribution in [0.3, 0.4) is 0 Å². The topological polar surface area (TPSA) is 79.8 Å². The van der Waals surface area contributed by atoms with E-state index < -0.39 is 9.84 Å². The summed E-state index contributed by atoms with van der Waals surface area (Å²) in [5.74, 6) is 0.801. The molecular formula is C17H27N3O3S. The first-order valence-corrected chi connectivity index (χ1v) is 10.2. The van der Waals surface area contributed by atoms with Crippen LogP contribution in [0.5, 0.6) is 0 Å². The molecule has 1 heterocycles. The van der Waals surface area contributed by atoms with Gasteiger partial charge in [0.05, 0.1) is 11.4 Å². The van der Waals surface area contributed by atoms with Crippen LogP contribution >= 0.6 is 0 Å². The van der Waals surface area contributed by atoms with Gasteiger partial charge in [-0.2, -0.15) is 0 Å². The van der Waals surface area contributed by atoms with E-state index in [0.717, 1.165) is 43.1 Å². The molecule has 0 aromatic heterocycles. The minimum atomic E-state index is -3.00. The standard InChI is InChI=1S/C17H27N3O3S/c1-17(9-4-10-23-17)13-20-16(18-2)19-11-14-5-7-15(8-6-14)12-24(3,21)22/h5-8H,4,9-13H2,1-3H3,(H2,18,19,20). The van der Waals surface area contributed by atoms with E-state index in [4.69, 9.17) is 4.74 Å². The SMILES string of the molecule is CN=C(NCc1ccc(CS(C)(=O)=O)cc1)NCC1(C)CCCO1. The van der Waals surface area contributed by atoms with Gasteiger partial charge in [-0.25, -0.2) is 8.42 Å². The van der Waals surface area contributed by atoms with Crippen LogP contribution in [-0.4, -0.2) is 46.4 Å². The lowest BCUT2D eigenvalue weighted by molar-refractivity contribution is 0.0243. The fourth-order valence-electron chi connectivity index (χ4n) is 2.71. The maximum Gasteiger partial charge on any atom is 0.191 e. The lowest BCUT2D eigenvalue weighted by Gasteiger charge is -2.24. The third-order valence-electron chi connectivity index (χ3n) is 4.07. The Bertz CT molecular complexity index is 663. The third-order valence-corrected chi connectivity index (χ3v) is 4.92. The molecule has 1 aromatic rings. The van der Waals surface area contributed by atoms with Crippen LogP contribution in [-0.2, 0) is 26.9 Å². The van der Waals surface area contributed by atoms with Gasteiger partial charge in [-0.1, -0.05) is 24.3 Å². The molecule has 0 spiro atoms. The molecule has 0 aliphatic carbocycles. The number of hydrogen-bond donors (Lipinski definition) is 2. The lowest BCUT2D eigenvalue weighted by atomic mass is 10.0. The number of nitrogens with one attached hydrogen (secondary N) is 2. The summed E-state index contributed by atoms with van der Waals surface area (Å²) in [6.45, 7) is 4.28. The highest BCUT2D eigenvalue weighted by Crippen LogP contribution is 2.23. The third kappa shape index (κ3) is 6.13. The largest absolute Gasteiger partial charge is 0.373 e. The van der Waals surface area contributed by atoms with Gasteiger partial charge in [-0.15, -0.1) is 0 Å². The van der Waals surface area contributed by atoms with Gasteiger partial charge in [0.2, 0.25) is 0 Å². The molecule has 1 aromatic carbocycles. The molecule has 0 bridgehead atoms. The average Bonchev–Trinajstić information content (AvgIpc) is 2.94. The summed E-state index contributed by atoms with van der Waals surface area (Å²) in [4.78, 5) is 4.22. The zero-order valence-corrected chi connectivity index (χ0v) is 15.4. The Kier molecular flexibility index (Phi) is 6.23. The number of hydrogen-bond acceptors (Lipinski definition) is 4. The molecule has 6 nitrogen and oxygen atoms in total. The van der Waals surface area contributed by atoms with Crippen molar-refractivity contribution in [1.29, 1.82) is 0 Å². The lowest BCUT2D eigenvalue weighted by Crippen LogP contribution is -2.45. The molecule has 1 atom stereocenters. The molecule has 1 aliphatic heterocycles. The highest BCUT2D eigenvalue weighted by molar-refractivity contribution is 7.89. The number of benzene rings is 1. The van der Waals surface area contributed by atoms with Gasteiger partial charge in [0.15, 0.2) is 15.8 Å². The van der Waals surface area contributed by atoms with Gasteiger partial charge in [-0.05, 0) is 30.9 Å². The molecule has 0 amide bonds. The molecule has 1 fully saturated rings. The van der Waals surface area contributed by atoms with E-state index in [0.29, 0.717) is 6.54 Å². The number of aliphatic imine (C=N–C) groups is 1. The van der Waals surface area contributed by atoms with Crippen molar-refractivity contribution in [3.05, 3.63) is 35.4 Å². The van der Waals surface area contributed by atoms with E-state index in [1.54, 1.807) is 7.05 Å². The maximum absolute atomic E-state index is 11.3. The van der Waals surface area contributed by atoms with Crippen LogP contribution in [0, 0.1) is 0 Å². The van der Waals surface area contributed by atoms with E-state index in [1.807, 2.05) is 24.3 Å². The van der Waals surface area contributed by atoms with E-state index in [1.165, 1.54) is 6.26 Å². The van der Waals surface area contributed by atoms with Crippen molar-refractivity contribution in [2.24, 2.45) is 4.99 Å². The number of ether oxygens (including phenoxy) is 1. The first-order chi connectivity index (χ1) is 11.3. The van der Waals surface area contributed by atoms with Crippen molar-refractivity contribution in [3.8, 4) is 0 Å². The van der Waals surface area contributed by atoms with E-state index in [-0.39, 0.29) is 11.4 Å². The van der Waals surface area contributed by atoms with Crippen LogP contribution in [0.1, 0.15) is 30.9 Å². The Balaban J connectivity index is 1.82. The number of guanidine groups is 1. The van der Waals surface area contributed by atoms with Gasteiger partial charge >= 0.3 is 0 Å². The Morgan fingerprint density at radius 1 is 1.25 bits per heavy atom. The molecule has 0 radical (unpaired) electrons. The van der Waals surface area contributed by atoms with Crippen LogP contribution in [0.25, 0.3) is 0 Å². The summed E-state index contributed by atoms with van der Waals surface area (Å²) in [6.07, 6.45) is 3.40. The first-order valence-electron chi connectivity index (χ1n) is 8.14. The molecule has 0 saturated carbocycles. The number of nitrogens with zero attached hydrogens (tertiary/aromatic N) is 1. The summed E-state index contributed by atoms with van der Waals surface area (Å²) < 4.78 is 28.4. The Morgan fingerprint density at radius 3 is 2.46 bits per heavy atom. The molecule has 1 unspecified atom stereocenters. The Morgan fingerprint density at radius 2 is 1.92 bits per heavy atom. The van der Waals surface area contributed by atoms with Crippen LogP contribution in [0.4, 0.5) is 0 Å². The summed E-state index contributed by atoms with van der Waals surface area (Å²) in [5, 5.41) is 6.56. The van der Waals surface area contributed by atoms with Crippen molar-refractivity contribution < 1.29 is 13.2 Å². The molecule has 2 rings (SSSR count). The van der Waals surface area contributed by atoms with Gasteiger partial charge in [0.1, 0.15) is 0 Å². The normalized spacial score (nSPS) is 21.7. The minimum absolute atomic E-state index is 0.0719. The van der Waals surface area contributed by atoms with Crippen molar-refractivity contribution in [3.63, 3.8) is 0 Å². The highest BCUT2D eigenvalue weighted by atomic mass is 32.2. The van der Waals surface area contributed by atoms with Crippen molar-refractivity contribution in [2.75, 3.05) is 26.5 Å². The highest BCUT2D eigenvalue weighted by Gasteiger charge is 2.29. The number of rotatable bonds is 6. The van der Waals surface area contributed by atoms with Crippen molar-refractivity contribution >= 4 is 15.8 Å². The summed E-state index contributed by atoms with van der Waals surface area (Å²) >= 11 is 0. The Labute approximate surface area is 144 Å². The van der Waals surface area contributed by atoms with Gasteiger partial charge < -0.3 is 15.4 Å². The Hall–Kier alpha value is -1.60. The second kappa shape index (κ2) is 7.98. The first kappa shape index (κ1) is 18.7. The fourth-order valence-corrected chi connectivity index (χ4v) is 3.51. The maximum atomic E-state index is 11.3. The number of sulfone groups is 1. The monoisotopic (exact) mass is 353 g/mol. The molecule has 2 N–H and O–H groups in total. The summed E-state index contributed by atoms with van der Waals surface area (Å²) in [7, 11) is -1.26. The molecular weight excluding hydrogens is 326 g/mol. The summed E-state index contributed by atoms with van der Waals surface area (Å²) in [6, 6.07) is 7.56. The van der Waals surface area contributed by atoms with E-state index >= 15 is 0 Å². The van der Waals surface area contributed by atoms with Gasteiger partial charge in [-0.3, -0.25) is 4.99 Å². The second-order valence-electron chi connectivity index (χ2n) is 6.57. The smallest absolute Gasteiger partial charge is 0.191 e. The van der Waals surface area contributed by atoms with Gasteiger partial charge in [0, 0.05) is 33.0 Å². The van der Waals surface area contributed by atoms with Crippen molar-refractivity contribution in [1.82, 2.24) is 10.6 Å². The fraction of sp³-hybridized carbons (Fsp3) is 0.588. The molecule has 1 saturated heterocycles. The zero-order valence-electron chi connectivity index (χ0n) is 14.6. The van der Waals surface area contributed by atoms with Crippen LogP contribution < -0.4 is 10.6 Å². The second-order valence-corrected chi connectivity index (χ2v) is 8.71. The van der Waals surface area contributed by atoms with E-state index in [2.05, 4.69) is 22.5 Å². The van der Waals surface area contributed by atoms with Crippen molar-refractivity contribution in [2.45, 2.75) is 37.7 Å². The molecule has 24 heavy (non-hydrogen) atoms. The molecule has 134 valence electrons. The van der Waals surface area contributed by atoms with E-state index in [9.17, 15) is 8.42 Å². The van der Waals surface area contributed by atoms with Crippen LogP contribution in [0.15, 0.2) is 29.3 Å². The quantitative estimate of drug-likeness (QED) is 0.598. The predicted octanol–water partition coefficient (Wildman–Crippen LogP) is 1.47. The zero-order chi connectivity index (χ0) is 17.6. The molecule has 7 heteroatoms. The van der Waals surface area contributed by atoms with Gasteiger partial charge in [0.25, 0.3) is 0 Å². The summed E-state index contributed by atoms with van der Waals surface area (Å²) in [5.41, 5.74) is 1.75. The van der Waals surface area contributed by atoms with Crippen LogP contribution in [0.2, 0.25) is 0 Å². The molecule has 1 aliphatic rings. The predicted molar refractivity (Wildman–Crippen MR) is 96.8 cm³/mol.